The maximum atomic E-state index is 13.3. The van der Waals surface area contributed by atoms with Crippen molar-refractivity contribution < 1.29 is 23.8 Å². The predicted molar refractivity (Wildman–Crippen MR) is 165 cm³/mol. The van der Waals surface area contributed by atoms with E-state index in [0.29, 0.717) is 47.1 Å². The molecule has 1 atom stereocenters. The third kappa shape index (κ3) is 6.04. The summed E-state index contributed by atoms with van der Waals surface area (Å²) in [4.78, 5) is 22.1. The minimum absolute atomic E-state index is 0.105. The minimum atomic E-state index is -0.996. The molecule has 1 saturated heterocycles. The van der Waals surface area contributed by atoms with Crippen molar-refractivity contribution in [1.82, 2.24) is 34.3 Å². The number of halogens is 1. The second-order valence-corrected chi connectivity index (χ2v) is 12.1. The van der Waals surface area contributed by atoms with Gasteiger partial charge in [-0.1, -0.05) is 26.8 Å². The zero-order chi connectivity index (χ0) is 32.5. The molecule has 0 saturated carbocycles. The fourth-order valence-electron chi connectivity index (χ4n) is 5.32. The van der Waals surface area contributed by atoms with Crippen LogP contribution in [0.1, 0.15) is 31.9 Å². The average Bonchev–Trinajstić information content (AvgIpc) is 3.68. The maximum absolute atomic E-state index is 13.3. The highest BCUT2D eigenvalue weighted by Gasteiger charge is 2.48. The Hall–Kier alpha value is -5.55. The molecule has 0 bridgehead atoms. The molecule has 5 aromatic rings. The molecule has 0 radical (unpaired) electrons. The zero-order valence-corrected chi connectivity index (χ0v) is 25.5. The third-order valence-electron chi connectivity index (χ3n) is 8.15. The number of carbonyl (C=O) groups is 1. The lowest BCUT2D eigenvalue weighted by atomic mass is 9.75. The number of morpholine rings is 1. The standard InChI is InChI=1S/C32H32FN9O4/c1-31(2,3)32(19-40(30(43)44)8-9-46-32)20-45-25-10-26(29-23(11-34)15-38-42(29)18-25)22-5-6-27(36-14-22)35-12-21-4-7-28(37-13-21)41-17-24(33)16-39-41/h4-7,10,13-18H,8-9,12,19-20H2,1-3H3,(H,35,36)(H,43,44). The van der Waals surface area contributed by atoms with E-state index in [2.05, 4.69) is 31.6 Å². The Morgan fingerprint density at radius 2 is 2.00 bits per heavy atom. The van der Waals surface area contributed by atoms with Crippen LogP contribution >= 0.6 is 0 Å². The summed E-state index contributed by atoms with van der Waals surface area (Å²) in [6.45, 7) is 7.29. The monoisotopic (exact) mass is 625 g/mol. The molecule has 1 aliphatic rings. The molecular weight excluding hydrogens is 593 g/mol. The number of anilines is 1. The molecule has 236 valence electrons. The summed E-state index contributed by atoms with van der Waals surface area (Å²) >= 11 is 0. The Morgan fingerprint density at radius 3 is 2.65 bits per heavy atom. The molecule has 0 aromatic carbocycles. The lowest BCUT2D eigenvalue weighted by molar-refractivity contribution is -0.175. The van der Waals surface area contributed by atoms with Crippen LogP contribution in [0, 0.1) is 22.6 Å². The summed E-state index contributed by atoms with van der Waals surface area (Å²) < 4.78 is 28.8. The first kappa shape index (κ1) is 30.5. The number of nitriles is 1. The number of amides is 1. The van der Waals surface area contributed by atoms with Gasteiger partial charge >= 0.3 is 6.09 Å². The Bertz CT molecular complexity index is 1910. The molecule has 1 unspecified atom stereocenters. The summed E-state index contributed by atoms with van der Waals surface area (Å²) in [7, 11) is 0. The maximum Gasteiger partial charge on any atom is 0.407 e. The van der Waals surface area contributed by atoms with E-state index in [1.165, 1.54) is 22.0 Å². The first-order valence-electron chi connectivity index (χ1n) is 14.6. The number of rotatable bonds is 8. The summed E-state index contributed by atoms with van der Waals surface area (Å²) in [6, 6.07) is 11.4. The molecule has 1 aliphatic heterocycles. The Labute approximate surface area is 263 Å². The van der Waals surface area contributed by atoms with Gasteiger partial charge in [-0.05, 0) is 35.2 Å². The van der Waals surface area contributed by atoms with E-state index in [4.69, 9.17) is 9.47 Å². The second kappa shape index (κ2) is 12.1. The summed E-state index contributed by atoms with van der Waals surface area (Å²) in [5.41, 5.74) is 2.02. The summed E-state index contributed by atoms with van der Waals surface area (Å²) in [5, 5.41) is 31.0. The highest BCUT2D eigenvalue weighted by molar-refractivity contribution is 5.85. The smallest absolute Gasteiger partial charge is 0.407 e. The van der Waals surface area contributed by atoms with E-state index in [1.807, 2.05) is 45.0 Å². The largest absolute Gasteiger partial charge is 0.489 e. The van der Waals surface area contributed by atoms with Gasteiger partial charge in [-0.25, -0.2) is 28.4 Å². The molecule has 0 aliphatic carbocycles. The van der Waals surface area contributed by atoms with Crippen molar-refractivity contribution in [2.45, 2.75) is 32.9 Å². The van der Waals surface area contributed by atoms with Crippen molar-refractivity contribution in [3.63, 3.8) is 0 Å². The van der Waals surface area contributed by atoms with Crippen LogP contribution in [0.2, 0.25) is 0 Å². The first-order chi connectivity index (χ1) is 22.0. The number of ether oxygens (including phenoxy) is 2. The van der Waals surface area contributed by atoms with Crippen LogP contribution in [0.5, 0.6) is 5.75 Å². The molecule has 1 fully saturated rings. The van der Waals surface area contributed by atoms with Crippen LogP contribution in [0.3, 0.4) is 0 Å². The molecule has 2 N–H and O–H groups in total. The predicted octanol–water partition coefficient (Wildman–Crippen LogP) is 4.77. The highest BCUT2D eigenvalue weighted by Crippen LogP contribution is 2.38. The van der Waals surface area contributed by atoms with Gasteiger partial charge in [0.1, 0.15) is 29.8 Å². The number of carboxylic acid groups (broad SMARTS) is 1. The van der Waals surface area contributed by atoms with Crippen molar-refractivity contribution in [2.75, 3.05) is 31.6 Å². The second-order valence-electron chi connectivity index (χ2n) is 12.1. The molecular formula is C32H32FN9O4. The number of aromatic nitrogens is 6. The van der Waals surface area contributed by atoms with Gasteiger partial charge in [0.2, 0.25) is 0 Å². The van der Waals surface area contributed by atoms with Gasteiger partial charge in [0.05, 0.1) is 49.0 Å². The molecule has 5 aromatic heterocycles. The average molecular weight is 626 g/mol. The Balaban J connectivity index is 1.21. The molecule has 14 heteroatoms. The topological polar surface area (TPSA) is 156 Å². The van der Waals surface area contributed by atoms with Crippen LogP contribution in [0.15, 0.2) is 67.5 Å². The van der Waals surface area contributed by atoms with Crippen molar-refractivity contribution in [3.8, 4) is 28.8 Å². The first-order valence-corrected chi connectivity index (χ1v) is 14.6. The molecule has 0 spiro atoms. The van der Waals surface area contributed by atoms with Gasteiger partial charge in [-0.2, -0.15) is 15.5 Å². The number of nitrogens with one attached hydrogen (secondary N) is 1. The molecule has 6 heterocycles. The van der Waals surface area contributed by atoms with Crippen LogP contribution in [0.4, 0.5) is 15.0 Å². The van der Waals surface area contributed by atoms with Crippen molar-refractivity contribution in [2.24, 2.45) is 5.41 Å². The van der Waals surface area contributed by atoms with Gasteiger partial charge in [-0.3, -0.25) is 0 Å². The zero-order valence-electron chi connectivity index (χ0n) is 25.5. The molecule has 46 heavy (non-hydrogen) atoms. The number of pyridine rings is 3. The van der Waals surface area contributed by atoms with Crippen molar-refractivity contribution in [1.29, 1.82) is 5.26 Å². The SMILES string of the molecule is CC(C)(C)C1(COc2cc(-c3ccc(NCc4ccc(-n5cc(F)cn5)nc4)nc3)c3c(C#N)cnn3c2)CN(C(=O)O)CCO1. The Morgan fingerprint density at radius 1 is 1.15 bits per heavy atom. The molecule has 1 amide bonds. The van der Waals surface area contributed by atoms with Crippen LogP contribution in [-0.4, -0.2) is 77.4 Å². The van der Waals surface area contributed by atoms with Gasteiger partial charge in [0.25, 0.3) is 0 Å². The van der Waals surface area contributed by atoms with Gasteiger partial charge in [-0.15, -0.1) is 0 Å². The van der Waals surface area contributed by atoms with E-state index >= 15 is 0 Å². The molecule has 6 rings (SSSR count). The fourth-order valence-corrected chi connectivity index (χ4v) is 5.32. The van der Waals surface area contributed by atoms with Crippen LogP contribution in [0.25, 0.3) is 22.5 Å². The lowest BCUT2D eigenvalue weighted by Crippen LogP contribution is -2.62. The highest BCUT2D eigenvalue weighted by atomic mass is 19.1. The third-order valence-corrected chi connectivity index (χ3v) is 8.15. The van der Waals surface area contributed by atoms with Crippen molar-refractivity contribution >= 4 is 17.4 Å². The summed E-state index contributed by atoms with van der Waals surface area (Å²) in [6.07, 6.45) is 7.97. The van der Waals surface area contributed by atoms with Crippen LogP contribution < -0.4 is 10.1 Å². The number of nitrogens with zero attached hydrogens (tertiary/aromatic N) is 8. The van der Waals surface area contributed by atoms with E-state index < -0.39 is 22.9 Å². The lowest BCUT2D eigenvalue weighted by Gasteiger charge is -2.49. The van der Waals surface area contributed by atoms with E-state index in [0.717, 1.165) is 17.3 Å². The van der Waals surface area contributed by atoms with Crippen LogP contribution in [-0.2, 0) is 11.3 Å². The van der Waals surface area contributed by atoms with Gasteiger partial charge < -0.3 is 24.8 Å². The van der Waals surface area contributed by atoms with E-state index in [-0.39, 0.29) is 19.8 Å². The van der Waals surface area contributed by atoms with E-state index in [9.17, 15) is 19.6 Å². The normalized spacial score (nSPS) is 16.7. The van der Waals surface area contributed by atoms with Gasteiger partial charge in [0, 0.05) is 36.6 Å². The number of hydrogen-bond donors (Lipinski definition) is 2. The van der Waals surface area contributed by atoms with E-state index in [1.54, 1.807) is 29.2 Å². The van der Waals surface area contributed by atoms with Gasteiger partial charge in [0.15, 0.2) is 11.6 Å². The number of hydrogen-bond acceptors (Lipinski definition) is 9. The Kier molecular flexibility index (Phi) is 8.01. The fraction of sp³-hybridized carbons (Fsp3) is 0.312. The minimum Gasteiger partial charge on any atom is -0.489 e. The molecule has 13 nitrogen and oxygen atoms in total. The quantitative estimate of drug-likeness (QED) is 0.246. The summed E-state index contributed by atoms with van der Waals surface area (Å²) in [5.74, 6) is 1.18. The van der Waals surface area contributed by atoms with Crippen molar-refractivity contribution in [3.05, 3.63) is 84.5 Å². The number of fused-ring (bicyclic) bond motifs is 1.